The second-order valence-electron chi connectivity index (χ2n) is 6.66. The van der Waals surface area contributed by atoms with E-state index < -0.39 is 5.41 Å². The summed E-state index contributed by atoms with van der Waals surface area (Å²) in [5, 5.41) is 4.14. The number of nitrogens with zero attached hydrogens (tertiary/aromatic N) is 5. The Kier molecular flexibility index (Phi) is 3.68. The summed E-state index contributed by atoms with van der Waals surface area (Å²) >= 11 is 0. The van der Waals surface area contributed by atoms with Crippen molar-refractivity contribution in [2.45, 2.75) is 12.8 Å². The third kappa shape index (κ3) is 2.49. The summed E-state index contributed by atoms with van der Waals surface area (Å²) < 4.78 is 1.70. The van der Waals surface area contributed by atoms with E-state index in [1.165, 1.54) is 0 Å². The zero-order valence-corrected chi connectivity index (χ0v) is 13.4. The van der Waals surface area contributed by atoms with Crippen molar-refractivity contribution in [3.8, 4) is 0 Å². The number of carbonyl (C=O) groups excluding carboxylic acids is 2. The molecule has 22 heavy (non-hydrogen) atoms. The van der Waals surface area contributed by atoms with Crippen LogP contribution in [0.3, 0.4) is 0 Å². The fraction of sp³-hybridized carbons (Fsp3) is 0.667. The van der Waals surface area contributed by atoms with Crippen LogP contribution < -0.4 is 4.90 Å². The van der Waals surface area contributed by atoms with Gasteiger partial charge in [0.05, 0.1) is 23.8 Å². The van der Waals surface area contributed by atoms with Crippen molar-refractivity contribution in [2.24, 2.45) is 12.5 Å². The van der Waals surface area contributed by atoms with Crippen LogP contribution in [0, 0.1) is 5.41 Å². The second kappa shape index (κ2) is 5.39. The standard InChI is InChI=1S/C15H23N5O2/c1-17(2)10-13(21)19-6-4-15(11-19)5-7-20(14(15)22)12-8-16-18(3)9-12/h8-9H,4-7,10-11H2,1-3H3/t15-/m1/s1. The number of rotatable bonds is 3. The third-order valence-corrected chi connectivity index (χ3v) is 4.67. The topological polar surface area (TPSA) is 61.7 Å². The Labute approximate surface area is 130 Å². The molecule has 3 rings (SSSR count). The van der Waals surface area contributed by atoms with E-state index in [1.807, 2.05) is 42.0 Å². The van der Waals surface area contributed by atoms with Crippen LogP contribution in [0.2, 0.25) is 0 Å². The number of hydrogen-bond acceptors (Lipinski definition) is 4. The molecule has 1 aromatic rings. The average Bonchev–Trinajstić information content (AvgIpc) is 3.12. The highest BCUT2D eigenvalue weighted by molar-refractivity contribution is 6.00. The third-order valence-electron chi connectivity index (χ3n) is 4.67. The maximum Gasteiger partial charge on any atom is 0.236 e. The molecule has 2 aliphatic rings. The number of likely N-dealkylation sites (tertiary alicyclic amines) is 1. The SMILES string of the molecule is CN(C)CC(=O)N1CC[C@@]2(CCN(c3cnn(C)c3)C2=O)C1. The summed E-state index contributed by atoms with van der Waals surface area (Å²) in [7, 11) is 5.61. The van der Waals surface area contributed by atoms with Crippen molar-refractivity contribution < 1.29 is 9.59 Å². The molecule has 3 heterocycles. The minimum Gasteiger partial charge on any atom is -0.340 e. The summed E-state index contributed by atoms with van der Waals surface area (Å²) in [6.45, 7) is 2.34. The summed E-state index contributed by atoms with van der Waals surface area (Å²) in [5.41, 5.74) is 0.458. The molecule has 0 unspecified atom stereocenters. The van der Waals surface area contributed by atoms with Crippen LogP contribution in [-0.4, -0.2) is 71.7 Å². The molecule has 7 heteroatoms. The Morgan fingerprint density at radius 2 is 2.09 bits per heavy atom. The lowest BCUT2D eigenvalue weighted by molar-refractivity contribution is -0.132. The van der Waals surface area contributed by atoms with Gasteiger partial charge < -0.3 is 14.7 Å². The summed E-state index contributed by atoms with van der Waals surface area (Å²) in [5.74, 6) is 0.246. The number of aryl methyl sites for hydroxylation is 1. The van der Waals surface area contributed by atoms with E-state index >= 15 is 0 Å². The van der Waals surface area contributed by atoms with Gasteiger partial charge in [-0.15, -0.1) is 0 Å². The van der Waals surface area contributed by atoms with Gasteiger partial charge in [0.25, 0.3) is 0 Å². The lowest BCUT2D eigenvalue weighted by atomic mass is 9.85. The van der Waals surface area contributed by atoms with Crippen LogP contribution in [0.1, 0.15) is 12.8 Å². The molecule has 2 amide bonds. The largest absolute Gasteiger partial charge is 0.340 e. The summed E-state index contributed by atoms with van der Waals surface area (Å²) in [6, 6.07) is 0. The minimum absolute atomic E-state index is 0.106. The van der Waals surface area contributed by atoms with E-state index in [4.69, 9.17) is 0 Å². The predicted molar refractivity (Wildman–Crippen MR) is 82.4 cm³/mol. The molecule has 7 nitrogen and oxygen atoms in total. The Hall–Kier alpha value is -1.89. The van der Waals surface area contributed by atoms with E-state index in [2.05, 4.69) is 5.10 Å². The van der Waals surface area contributed by atoms with Gasteiger partial charge in [-0.2, -0.15) is 5.10 Å². The molecule has 1 aromatic heterocycles. The first-order valence-electron chi connectivity index (χ1n) is 7.64. The second-order valence-corrected chi connectivity index (χ2v) is 6.66. The normalized spacial score (nSPS) is 25.0. The van der Waals surface area contributed by atoms with Crippen molar-refractivity contribution >= 4 is 17.5 Å². The molecule has 2 fully saturated rings. The monoisotopic (exact) mass is 305 g/mol. The highest BCUT2D eigenvalue weighted by atomic mass is 16.2. The van der Waals surface area contributed by atoms with Crippen LogP contribution in [0.25, 0.3) is 0 Å². The first-order chi connectivity index (χ1) is 10.4. The van der Waals surface area contributed by atoms with Crippen molar-refractivity contribution in [3.63, 3.8) is 0 Å². The molecule has 0 bridgehead atoms. The fourth-order valence-corrected chi connectivity index (χ4v) is 3.45. The molecular weight excluding hydrogens is 282 g/mol. The quantitative estimate of drug-likeness (QED) is 0.785. The highest BCUT2D eigenvalue weighted by Gasteiger charge is 2.52. The van der Waals surface area contributed by atoms with Crippen molar-refractivity contribution in [3.05, 3.63) is 12.4 Å². The molecule has 2 saturated heterocycles. The maximum atomic E-state index is 12.9. The lowest BCUT2D eigenvalue weighted by Crippen LogP contribution is -2.40. The van der Waals surface area contributed by atoms with Gasteiger partial charge in [-0.1, -0.05) is 0 Å². The molecule has 0 N–H and O–H groups in total. The van der Waals surface area contributed by atoms with Gasteiger partial charge in [-0.3, -0.25) is 14.3 Å². The van der Waals surface area contributed by atoms with Gasteiger partial charge in [0.15, 0.2) is 0 Å². The van der Waals surface area contributed by atoms with Crippen molar-refractivity contribution in [1.82, 2.24) is 19.6 Å². The first kappa shape index (κ1) is 15.0. The fourth-order valence-electron chi connectivity index (χ4n) is 3.45. The van der Waals surface area contributed by atoms with E-state index in [0.29, 0.717) is 26.2 Å². The van der Waals surface area contributed by atoms with E-state index in [0.717, 1.165) is 18.5 Å². The Morgan fingerprint density at radius 1 is 1.36 bits per heavy atom. The number of aromatic nitrogens is 2. The zero-order chi connectivity index (χ0) is 15.9. The average molecular weight is 305 g/mol. The molecule has 0 aromatic carbocycles. The van der Waals surface area contributed by atoms with E-state index in [1.54, 1.807) is 10.9 Å². The van der Waals surface area contributed by atoms with Crippen molar-refractivity contribution in [1.29, 1.82) is 0 Å². The van der Waals surface area contributed by atoms with Crippen LogP contribution in [0.4, 0.5) is 5.69 Å². The molecule has 0 aliphatic carbocycles. The minimum atomic E-state index is -0.391. The summed E-state index contributed by atoms with van der Waals surface area (Å²) in [4.78, 5) is 30.6. The molecule has 1 atom stereocenters. The van der Waals surface area contributed by atoms with Crippen LogP contribution in [0.15, 0.2) is 12.4 Å². The zero-order valence-electron chi connectivity index (χ0n) is 13.4. The Balaban J connectivity index is 1.71. The number of likely N-dealkylation sites (N-methyl/N-ethyl adjacent to an activating group) is 1. The van der Waals surface area contributed by atoms with Gasteiger partial charge in [0.1, 0.15) is 0 Å². The van der Waals surface area contributed by atoms with Crippen LogP contribution >= 0.6 is 0 Å². The smallest absolute Gasteiger partial charge is 0.236 e. The van der Waals surface area contributed by atoms with Crippen LogP contribution in [-0.2, 0) is 16.6 Å². The van der Waals surface area contributed by atoms with Gasteiger partial charge in [-0.05, 0) is 26.9 Å². The van der Waals surface area contributed by atoms with E-state index in [9.17, 15) is 9.59 Å². The number of carbonyl (C=O) groups is 2. The lowest BCUT2D eigenvalue weighted by Gasteiger charge is -2.24. The van der Waals surface area contributed by atoms with Gasteiger partial charge in [0, 0.05) is 32.9 Å². The molecular formula is C15H23N5O2. The Bertz CT molecular complexity index is 597. The summed E-state index contributed by atoms with van der Waals surface area (Å²) in [6.07, 6.45) is 5.16. The van der Waals surface area contributed by atoms with Crippen LogP contribution in [0.5, 0.6) is 0 Å². The van der Waals surface area contributed by atoms with Gasteiger partial charge in [-0.25, -0.2) is 0 Å². The molecule has 0 saturated carbocycles. The molecule has 1 spiro atoms. The Morgan fingerprint density at radius 3 is 2.73 bits per heavy atom. The molecule has 0 radical (unpaired) electrons. The van der Waals surface area contributed by atoms with E-state index in [-0.39, 0.29) is 11.8 Å². The van der Waals surface area contributed by atoms with Gasteiger partial charge in [0.2, 0.25) is 11.8 Å². The van der Waals surface area contributed by atoms with Crippen molar-refractivity contribution in [2.75, 3.05) is 45.2 Å². The molecule has 2 aliphatic heterocycles. The maximum absolute atomic E-state index is 12.9. The highest BCUT2D eigenvalue weighted by Crippen LogP contribution is 2.42. The van der Waals surface area contributed by atoms with Gasteiger partial charge >= 0.3 is 0 Å². The first-order valence-corrected chi connectivity index (χ1v) is 7.64. The predicted octanol–water partition coefficient (Wildman–Crippen LogP) is -0.0629. The number of anilines is 1. The molecule has 120 valence electrons. The number of hydrogen-bond donors (Lipinski definition) is 0. The number of amides is 2.